The molecule has 0 heterocycles. The minimum Gasteiger partial charge on any atom is -0.494 e. The zero-order valence-electron chi connectivity index (χ0n) is 7.74. The first-order valence-electron chi connectivity index (χ1n) is 3.74. The first-order valence-corrected chi connectivity index (χ1v) is 5.63. The highest BCUT2D eigenvalue weighted by molar-refractivity contribution is 7.92. The van der Waals surface area contributed by atoms with Gasteiger partial charge in [-0.05, 0) is 12.1 Å². The zero-order chi connectivity index (χ0) is 10.8. The summed E-state index contributed by atoms with van der Waals surface area (Å²) >= 11 is 0. The van der Waals surface area contributed by atoms with Crippen LogP contribution in [0.1, 0.15) is 0 Å². The molecule has 0 saturated carbocycles. The van der Waals surface area contributed by atoms with Crippen LogP contribution in [-0.2, 0) is 10.0 Å². The van der Waals surface area contributed by atoms with E-state index in [9.17, 15) is 12.8 Å². The van der Waals surface area contributed by atoms with Crippen molar-refractivity contribution in [2.24, 2.45) is 0 Å². The van der Waals surface area contributed by atoms with Crippen molar-refractivity contribution in [1.82, 2.24) is 0 Å². The molecule has 1 aromatic carbocycles. The quantitative estimate of drug-likeness (QED) is 0.831. The van der Waals surface area contributed by atoms with Gasteiger partial charge >= 0.3 is 0 Å². The average molecular weight is 219 g/mol. The fourth-order valence-corrected chi connectivity index (χ4v) is 1.49. The van der Waals surface area contributed by atoms with Crippen molar-refractivity contribution in [2.75, 3.05) is 18.1 Å². The fraction of sp³-hybridized carbons (Fsp3) is 0.250. The Bertz CT molecular complexity index is 430. The van der Waals surface area contributed by atoms with E-state index < -0.39 is 15.8 Å². The summed E-state index contributed by atoms with van der Waals surface area (Å²) in [6.45, 7) is 0. The molecular formula is C8H10FNO3S. The van der Waals surface area contributed by atoms with Gasteiger partial charge in [-0.2, -0.15) is 0 Å². The van der Waals surface area contributed by atoms with Crippen LogP contribution in [0.25, 0.3) is 0 Å². The highest BCUT2D eigenvalue weighted by atomic mass is 32.2. The number of hydrogen-bond donors (Lipinski definition) is 1. The summed E-state index contributed by atoms with van der Waals surface area (Å²) in [5.41, 5.74) is 0.269. The van der Waals surface area contributed by atoms with Crippen LogP contribution in [0.15, 0.2) is 18.2 Å². The third kappa shape index (κ3) is 2.88. The van der Waals surface area contributed by atoms with Gasteiger partial charge in [0.2, 0.25) is 10.0 Å². The second-order valence-corrected chi connectivity index (χ2v) is 4.47. The van der Waals surface area contributed by atoms with E-state index in [4.69, 9.17) is 4.74 Å². The minimum atomic E-state index is -3.34. The van der Waals surface area contributed by atoms with Crippen LogP contribution in [0, 0.1) is 5.82 Å². The van der Waals surface area contributed by atoms with E-state index in [-0.39, 0.29) is 11.4 Å². The topological polar surface area (TPSA) is 55.4 Å². The maximum absolute atomic E-state index is 12.9. The van der Waals surface area contributed by atoms with Crippen LogP contribution >= 0.6 is 0 Å². The molecule has 0 aliphatic rings. The normalized spacial score (nSPS) is 11.1. The molecule has 0 spiro atoms. The van der Waals surface area contributed by atoms with Gasteiger partial charge < -0.3 is 4.74 Å². The lowest BCUT2D eigenvalue weighted by Gasteiger charge is -2.06. The van der Waals surface area contributed by atoms with Crippen molar-refractivity contribution in [2.45, 2.75) is 0 Å². The van der Waals surface area contributed by atoms with E-state index in [1.165, 1.54) is 19.2 Å². The largest absolute Gasteiger partial charge is 0.494 e. The molecule has 6 heteroatoms. The maximum Gasteiger partial charge on any atom is 0.229 e. The summed E-state index contributed by atoms with van der Waals surface area (Å²) < 4.78 is 41.5. The molecule has 4 nitrogen and oxygen atoms in total. The van der Waals surface area contributed by atoms with Crippen molar-refractivity contribution in [3.05, 3.63) is 24.0 Å². The number of benzene rings is 1. The summed E-state index contributed by atoms with van der Waals surface area (Å²) in [6.07, 6.45) is 1.02. The van der Waals surface area contributed by atoms with Crippen LogP contribution in [0.5, 0.6) is 5.75 Å². The number of halogens is 1. The molecular weight excluding hydrogens is 209 g/mol. The highest BCUT2D eigenvalue weighted by Gasteiger charge is 2.06. The lowest BCUT2D eigenvalue weighted by molar-refractivity contribution is 0.387. The molecule has 1 aromatic rings. The van der Waals surface area contributed by atoms with E-state index in [0.29, 0.717) is 0 Å². The molecule has 1 N–H and O–H groups in total. The van der Waals surface area contributed by atoms with Gasteiger partial charge in [0.05, 0.1) is 19.1 Å². The van der Waals surface area contributed by atoms with E-state index >= 15 is 0 Å². The Morgan fingerprint density at radius 3 is 2.57 bits per heavy atom. The average Bonchev–Trinajstić information content (AvgIpc) is 2.06. The van der Waals surface area contributed by atoms with Crippen LogP contribution in [0.2, 0.25) is 0 Å². The Hall–Kier alpha value is -1.30. The fourth-order valence-electron chi connectivity index (χ4n) is 0.937. The van der Waals surface area contributed by atoms with E-state index in [2.05, 4.69) is 4.72 Å². The number of nitrogens with one attached hydrogen (secondary N) is 1. The number of rotatable bonds is 3. The SMILES string of the molecule is COc1cc(NS(C)(=O)=O)ccc1F. The first-order chi connectivity index (χ1) is 6.42. The van der Waals surface area contributed by atoms with Gasteiger partial charge in [-0.25, -0.2) is 12.8 Å². The first kappa shape index (κ1) is 10.8. The molecule has 0 aliphatic heterocycles. The molecule has 1 rings (SSSR count). The van der Waals surface area contributed by atoms with Crippen molar-refractivity contribution >= 4 is 15.7 Å². The number of anilines is 1. The lowest BCUT2D eigenvalue weighted by Crippen LogP contribution is -2.09. The Morgan fingerprint density at radius 1 is 1.43 bits per heavy atom. The van der Waals surface area contributed by atoms with Gasteiger partial charge in [-0.15, -0.1) is 0 Å². The van der Waals surface area contributed by atoms with Gasteiger partial charge in [-0.3, -0.25) is 4.72 Å². The molecule has 0 atom stereocenters. The summed E-state index contributed by atoms with van der Waals surface area (Å²) in [4.78, 5) is 0. The van der Waals surface area contributed by atoms with Crippen LogP contribution < -0.4 is 9.46 Å². The molecule has 14 heavy (non-hydrogen) atoms. The van der Waals surface area contributed by atoms with Crippen molar-refractivity contribution < 1.29 is 17.5 Å². The minimum absolute atomic E-state index is 0.00125. The summed E-state index contributed by atoms with van der Waals surface area (Å²) in [5, 5.41) is 0. The van der Waals surface area contributed by atoms with Crippen LogP contribution in [0.4, 0.5) is 10.1 Å². The molecule has 78 valence electrons. The molecule has 0 saturated heterocycles. The smallest absolute Gasteiger partial charge is 0.229 e. The number of methoxy groups -OCH3 is 1. The van der Waals surface area contributed by atoms with Gasteiger partial charge in [-0.1, -0.05) is 0 Å². The predicted octanol–water partition coefficient (Wildman–Crippen LogP) is 1.21. The predicted molar refractivity (Wildman–Crippen MR) is 51.4 cm³/mol. The van der Waals surface area contributed by atoms with Gasteiger partial charge in [0.1, 0.15) is 0 Å². The Morgan fingerprint density at radius 2 is 2.07 bits per heavy atom. The second kappa shape index (κ2) is 3.83. The Labute approximate surface area is 81.8 Å². The number of sulfonamides is 1. The standard InChI is InChI=1S/C8H10FNO3S/c1-13-8-5-6(3-4-7(8)9)10-14(2,11)12/h3-5,10H,1-2H3. The van der Waals surface area contributed by atoms with Gasteiger partial charge in [0.15, 0.2) is 11.6 Å². The summed E-state index contributed by atoms with van der Waals surface area (Å²) in [6, 6.07) is 3.72. The number of hydrogen-bond acceptors (Lipinski definition) is 3. The molecule has 0 bridgehead atoms. The summed E-state index contributed by atoms with van der Waals surface area (Å²) in [5.74, 6) is -0.537. The van der Waals surface area contributed by atoms with E-state index in [0.717, 1.165) is 12.3 Å². The third-order valence-electron chi connectivity index (χ3n) is 1.45. The number of ether oxygens (including phenoxy) is 1. The Balaban J connectivity index is 3.01. The molecule has 0 unspecified atom stereocenters. The van der Waals surface area contributed by atoms with Crippen LogP contribution in [-0.4, -0.2) is 21.8 Å². The second-order valence-electron chi connectivity index (χ2n) is 2.72. The molecule has 0 aliphatic carbocycles. The van der Waals surface area contributed by atoms with Crippen molar-refractivity contribution in [3.63, 3.8) is 0 Å². The summed E-state index contributed by atoms with van der Waals surface area (Å²) in [7, 11) is -2.03. The van der Waals surface area contributed by atoms with Crippen molar-refractivity contribution in [3.8, 4) is 5.75 Å². The lowest BCUT2D eigenvalue weighted by atomic mass is 10.3. The van der Waals surface area contributed by atoms with Crippen LogP contribution in [0.3, 0.4) is 0 Å². The Kier molecular flexibility index (Phi) is 2.95. The van der Waals surface area contributed by atoms with Gasteiger partial charge in [0, 0.05) is 6.07 Å². The zero-order valence-corrected chi connectivity index (χ0v) is 8.56. The van der Waals surface area contributed by atoms with Gasteiger partial charge in [0.25, 0.3) is 0 Å². The maximum atomic E-state index is 12.9. The van der Waals surface area contributed by atoms with E-state index in [1.54, 1.807) is 0 Å². The third-order valence-corrected chi connectivity index (χ3v) is 2.06. The molecule has 0 radical (unpaired) electrons. The highest BCUT2D eigenvalue weighted by Crippen LogP contribution is 2.21. The molecule has 0 amide bonds. The molecule has 0 aromatic heterocycles. The molecule has 0 fully saturated rings. The monoisotopic (exact) mass is 219 g/mol. The van der Waals surface area contributed by atoms with Crippen molar-refractivity contribution in [1.29, 1.82) is 0 Å². The van der Waals surface area contributed by atoms with E-state index in [1.807, 2.05) is 0 Å².